The number of hydrogen-bond donors (Lipinski definition) is 0. The maximum absolute atomic E-state index is 5.32. The van der Waals surface area contributed by atoms with E-state index in [2.05, 4.69) is 188 Å². The lowest BCUT2D eigenvalue weighted by Crippen LogP contribution is -1.97. The molecule has 248 valence electrons. The van der Waals surface area contributed by atoms with Gasteiger partial charge < -0.3 is 0 Å². The second kappa shape index (κ2) is 13.1. The Bertz CT molecular complexity index is 2930. The molecule has 0 bridgehead atoms. The van der Waals surface area contributed by atoms with E-state index in [1.54, 1.807) is 0 Å². The highest BCUT2D eigenvalue weighted by Crippen LogP contribution is 2.42. The zero-order valence-electron chi connectivity index (χ0n) is 28.8. The average Bonchev–Trinajstić information content (AvgIpc) is 3.63. The summed E-state index contributed by atoms with van der Waals surface area (Å²) < 4.78 is 2.59. The van der Waals surface area contributed by atoms with Crippen LogP contribution in [0.4, 0.5) is 0 Å². The van der Waals surface area contributed by atoms with Crippen LogP contribution in [0.5, 0.6) is 0 Å². The predicted octanol–water partition coefficient (Wildman–Crippen LogP) is 14.0. The average molecular weight is 693 g/mol. The third-order valence-corrected chi connectivity index (χ3v) is 11.3. The molecule has 10 aromatic rings. The van der Waals surface area contributed by atoms with E-state index in [1.807, 2.05) is 17.4 Å². The first-order valence-electron chi connectivity index (χ1n) is 17.9. The number of nitrogens with zero attached hydrogens (tertiary/aromatic N) is 2. The van der Waals surface area contributed by atoms with Gasteiger partial charge in [-0.25, -0.2) is 9.97 Å². The molecule has 0 fully saturated rings. The Hall–Kier alpha value is -6.68. The van der Waals surface area contributed by atoms with E-state index in [0.29, 0.717) is 5.82 Å². The number of aromatic nitrogens is 2. The van der Waals surface area contributed by atoms with Crippen LogP contribution in [0.15, 0.2) is 194 Å². The molecule has 2 nitrogen and oxygen atoms in total. The molecule has 0 N–H and O–H groups in total. The summed E-state index contributed by atoms with van der Waals surface area (Å²) in [5.74, 6) is 0.706. The normalized spacial score (nSPS) is 11.4. The molecular weight excluding hydrogens is 661 g/mol. The molecule has 3 heteroatoms. The summed E-state index contributed by atoms with van der Waals surface area (Å²) in [5.41, 5.74) is 12.0. The van der Waals surface area contributed by atoms with E-state index in [0.717, 1.165) is 44.8 Å². The quantitative estimate of drug-likeness (QED) is 0.173. The standard InChI is InChI=1S/C50H32N2S/c1-3-12-33(13-4-1)35-22-24-36(25-23-35)40-29-41(43-19-11-20-45-44-18-9-10-21-48(44)53-49(43)45)31-42(30-40)47-32-46(37-15-5-2-6-16-37)51-50(52-47)39-27-26-34-14-7-8-17-38(34)28-39/h1-32H. The van der Waals surface area contributed by atoms with Gasteiger partial charge in [0.2, 0.25) is 0 Å². The topological polar surface area (TPSA) is 25.8 Å². The fourth-order valence-corrected chi connectivity index (χ4v) is 8.61. The van der Waals surface area contributed by atoms with Crippen molar-refractivity contribution >= 4 is 42.3 Å². The summed E-state index contributed by atoms with van der Waals surface area (Å²) in [6, 6.07) is 69.3. The van der Waals surface area contributed by atoms with E-state index in [4.69, 9.17) is 9.97 Å². The highest BCUT2D eigenvalue weighted by molar-refractivity contribution is 7.26. The lowest BCUT2D eigenvalue weighted by molar-refractivity contribution is 1.18. The van der Waals surface area contributed by atoms with Crippen LogP contribution in [-0.2, 0) is 0 Å². The third kappa shape index (κ3) is 5.87. The van der Waals surface area contributed by atoms with Gasteiger partial charge in [0.25, 0.3) is 0 Å². The van der Waals surface area contributed by atoms with E-state index >= 15 is 0 Å². The van der Waals surface area contributed by atoms with Gasteiger partial charge in [-0.1, -0.05) is 158 Å². The first kappa shape index (κ1) is 31.1. The summed E-state index contributed by atoms with van der Waals surface area (Å²) in [5, 5.41) is 4.95. The molecule has 0 unspecified atom stereocenters. The summed E-state index contributed by atoms with van der Waals surface area (Å²) in [7, 11) is 0. The molecule has 0 spiro atoms. The van der Waals surface area contributed by atoms with E-state index < -0.39 is 0 Å². The molecule has 0 aliphatic rings. The van der Waals surface area contributed by atoms with Crippen molar-refractivity contribution in [2.75, 3.05) is 0 Å². The van der Waals surface area contributed by atoms with Crippen molar-refractivity contribution in [1.82, 2.24) is 9.97 Å². The SMILES string of the molecule is c1ccc(-c2ccc(-c3cc(-c4cc(-c5ccccc5)nc(-c5ccc6ccccc6c5)n4)cc(-c4cccc5c4sc4ccccc45)c3)cc2)cc1. The second-order valence-electron chi connectivity index (χ2n) is 13.4. The van der Waals surface area contributed by atoms with Crippen LogP contribution in [0.2, 0.25) is 0 Å². The largest absolute Gasteiger partial charge is 0.228 e. The van der Waals surface area contributed by atoms with Gasteiger partial charge in [0.05, 0.1) is 11.4 Å². The molecule has 10 rings (SSSR count). The number of benzene rings is 8. The van der Waals surface area contributed by atoms with E-state index in [9.17, 15) is 0 Å². The molecule has 0 aliphatic heterocycles. The maximum Gasteiger partial charge on any atom is 0.160 e. The van der Waals surface area contributed by atoms with Gasteiger partial charge >= 0.3 is 0 Å². The smallest absolute Gasteiger partial charge is 0.160 e. The Kier molecular flexibility index (Phi) is 7.71. The number of thiophene rings is 1. The Morgan fingerprint density at radius 2 is 0.887 bits per heavy atom. The van der Waals surface area contributed by atoms with Gasteiger partial charge in [-0.05, 0) is 80.6 Å². The highest BCUT2D eigenvalue weighted by Gasteiger charge is 2.16. The monoisotopic (exact) mass is 692 g/mol. The fourth-order valence-electron chi connectivity index (χ4n) is 7.37. The molecule has 0 saturated carbocycles. The van der Waals surface area contributed by atoms with Crippen LogP contribution in [0.3, 0.4) is 0 Å². The summed E-state index contributed by atoms with van der Waals surface area (Å²) in [4.78, 5) is 10.5. The minimum absolute atomic E-state index is 0.706. The molecule has 0 atom stereocenters. The van der Waals surface area contributed by atoms with Crippen molar-refractivity contribution in [2.45, 2.75) is 0 Å². The number of fused-ring (bicyclic) bond motifs is 4. The van der Waals surface area contributed by atoms with Crippen molar-refractivity contribution in [3.8, 4) is 67.3 Å². The zero-order valence-corrected chi connectivity index (χ0v) is 29.6. The maximum atomic E-state index is 5.32. The van der Waals surface area contributed by atoms with E-state index in [1.165, 1.54) is 47.6 Å². The van der Waals surface area contributed by atoms with Crippen molar-refractivity contribution in [1.29, 1.82) is 0 Å². The molecule has 0 amide bonds. The van der Waals surface area contributed by atoms with Gasteiger partial charge in [0.1, 0.15) is 0 Å². The molecule has 0 saturated heterocycles. The van der Waals surface area contributed by atoms with Gasteiger partial charge in [-0.3, -0.25) is 0 Å². The van der Waals surface area contributed by atoms with Crippen LogP contribution in [0.1, 0.15) is 0 Å². The number of rotatable bonds is 6. The summed E-state index contributed by atoms with van der Waals surface area (Å²) >= 11 is 1.86. The molecule has 8 aromatic carbocycles. The van der Waals surface area contributed by atoms with E-state index in [-0.39, 0.29) is 0 Å². The van der Waals surface area contributed by atoms with Crippen molar-refractivity contribution < 1.29 is 0 Å². The van der Waals surface area contributed by atoms with Crippen molar-refractivity contribution in [3.63, 3.8) is 0 Å². The van der Waals surface area contributed by atoms with Crippen LogP contribution in [0.25, 0.3) is 98.2 Å². The Morgan fingerprint density at radius 1 is 0.321 bits per heavy atom. The molecule has 0 radical (unpaired) electrons. The molecular formula is C50H32N2S. The van der Waals surface area contributed by atoms with Gasteiger partial charge in [-0.15, -0.1) is 11.3 Å². The van der Waals surface area contributed by atoms with Crippen molar-refractivity contribution in [2.24, 2.45) is 0 Å². The van der Waals surface area contributed by atoms with Crippen LogP contribution in [0, 0.1) is 0 Å². The summed E-state index contributed by atoms with van der Waals surface area (Å²) in [6.07, 6.45) is 0. The minimum Gasteiger partial charge on any atom is -0.228 e. The Labute approximate surface area is 312 Å². The lowest BCUT2D eigenvalue weighted by Gasteiger charge is -2.14. The predicted molar refractivity (Wildman–Crippen MR) is 225 cm³/mol. The van der Waals surface area contributed by atoms with Crippen LogP contribution in [-0.4, -0.2) is 9.97 Å². The summed E-state index contributed by atoms with van der Waals surface area (Å²) in [6.45, 7) is 0. The van der Waals surface area contributed by atoms with Crippen molar-refractivity contribution in [3.05, 3.63) is 194 Å². The third-order valence-electron chi connectivity index (χ3n) is 10.1. The van der Waals surface area contributed by atoms with Crippen LogP contribution < -0.4 is 0 Å². The second-order valence-corrected chi connectivity index (χ2v) is 14.5. The molecule has 0 aliphatic carbocycles. The zero-order chi connectivity index (χ0) is 35.1. The van der Waals surface area contributed by atoms with Gasteiger partial charge in [0.15, 0.2) is 5.82 Å². The first-order chi connectivity index (χ1) is 26.2. The molecule has 2 aromatic heterocycles. The Morgan fingerprint density at radius 3 is 1.68 bits per heavy atom. The Balaban J connectivity index is 1.19. The minimum atomic E-state index is 0.706. The fraction of sp³-hybridized carbons (Fsp3) is 0. The first-order valence-corrected chi connectivity index (χ1v) is 18.7. The molecule has 53 heavy (non-hydrogen) atoms. The van der Waals surface area contributed by atoms with Gasteiger partial charge in [0, 0.05) is 36.9 Å². The molecule has 2 heterocycles. The number of hydrogen-bond acceptors (Lipinski definition) is 3. The van der Waals surface area contributed by atoms with Crippen LogP contribution >= 0.6 is 11.3 Å². The highest BCUT2D eigenvalue weighted by atomic mass is 32.1. The lowest BCUT2D eigenvalue weighted by atomic mass is 9.93. The van der Waals surface area contributed by atoms with Gasteiger partial charge in [-0.2, -0.15) is 0 Å².